The van der Waals surface area contributed by atoms with Gasteiger partial charge in [-0.3, -0.25) is 9.59 Å². The minimum Gasteiger partial charge on any atom is -0.480 e. The van der Waals surface area contributed by atoms with Gasteiger partial charge < -0.3 is 14.4 Å². The molecule has 1 aromatic heterocycles. The molecule has 0 unspecified atom stereocenters. The van der Waals surface area contributed by atoms with E-state index < -0.39 is 28.4 Å². The molecule has 0 aliphatic heterocycles. The molecule has 0 saturated carbocycles. The van der Waals surface area contributed by atoms with E-state index in [4.69, 9.17) is 14.7 Å². The number of amides is 1. The fourth-order valence-corrected chi connectivity index (χ4v) is 2.21. The number of primary sulfonamides is 1. The molecule has 0 saturated heterocycles. The second-order valence-electron chi connectivity index (χ2n) is 3.79. The van der Waals surface area contributed by atoms with Crippen molar-refractivity contribution < 1.29 is 27.5 Å². The molecule has 1 heterocycles. The summed E-state index contributed by atoms with van der Waals surface area (Å²) in [4.78, 5) is 23.3. The third kappa shape index (κ3) is 3.55. The van der Waals surface area contributed by atoms with Crippen LogP contribution >= 0.6 is 0 Å². The first-order valence-corrected chi connectivity index (χ1v) is 6.85. The van der Waals surface area contributed by atoms with E-state index in [-0.39, 0.29) is 23.0 Å². The highest BCUT2D eigenvalue weighted by molar-refractivity contribution is 7.89. The maximum absolute atomic E-state index is 11.9. The molecule has 0 aromatic carbocycles. The van der Waals surface area contributed by atoms with Crippen molar-refractivity contribution >= 4 is 21.9 Å². The summed E-state index contributed by atoms with van der Waals surface area (Å²) >= 11 is 0. The topological polar surface area (TPSA) is 131 Å². The smallest absolute Gasteiger partial charge is 0.323 e. The molecule has 1 amide bonds. The van der Waals surface area contributed by atoms with Crippen molar-refractivity contribution in [3.05, 3.63) is 17.6 Å². The molecule has 106 valence electrons. The third-order valence-electron chi connectivity index (χ3n) is 2.38. The molecular weight excluding hydrogens is 276 g/mol. The molecule has 1 aromatic rings. The van der Waals surface area contributed by atoms with Crippen LogP contribution in [0.1, 0.15) is 23.2 Å². The predicted octanol–water partition coefficient (Wildman–Crippen LogP) is -0.218. The van der Waals surface area contributed by atoms with Gasteiger partial charge in [-0.2, -0.15) is 0 Å². The number of carboxylic acid groups (broad SMARTS) is 1. The van der Waals surface area contributed by atoms with Gasteiger partial charge in [0.05, 0.1) is 0 Å². The van der Waals surface area contributed by atoms with Gasteiger partial charge in [-0.05, 0) is 13.8 Å². The quantitative estimate of drug-likeness (QED) is 0.770. The number of carbonyl (C=O) groups is 2. The number of nitrogens with two attached hydrogens (primary N) is 1. The van der Waals surface area contributed by atoms with Crippen molar-refractivity contribution in [3.8, 4) is 0 Å². The molecule has 0 fully saturated rings. The van der Waals surface area contributed by atoms with Crippen molar-refractivity contribution in [3.63, 3.8) is 0 Å². The van der Waals surface area contributed by atoms with Crippen molar-refractivity contribution in [2.45, 2.75) is 18.7 Å². The molecule has 9 heteroatoms. The summed E-state index contributed by atoms with van der Waals surface area (Å²) in [6.45, 7) is 2.59. The average Bonchev–Trinajstić information content (AvgIpc) is 2.66. The lowest BCUT2D eigenvalue weighted by Crippen LogP contribution is -2.35. The Bertz CT molecular complexity index is 604. The SMILES string of the molecule is CCN(CC(=O)O)C(=O)c1cc(S(N)(=O)=O)c(C)o1. The van der Waals surface area contributed by atoms with E-state index in [2.05, 4.69) is 0 Å². The Morgan fingerprint density at radius 3 is 2.42 bits per heavy atom. The number of sulfonamides is 1. The second kappa shape index (κ2) is 5.41. The largest absolute Gasteiger partial charge is 0.480 e. The summed E-state index contributed by atoms with van der Waals surface area (Å²) in [5.74, 6) is -2.16. The Balaban J connectivity index is 3.10. The Hall–Kier alpha value is -1.87. The van der Waals surface area contributed by atoms with Gasteiger partial charge in [0.25, 0.3) is 5.91 Å². The number of carbonyl (C=O) groups excluding carboxylic acids is 1. The normalized spacial score (nSPS) is 11.3. The van der Waals surface area contributed by atoms with Crippen LogP contribution in [-0.4, -0.2) is 43.4 Å². The number of carboxylic acids is 1. The number of hydrogen-bond acceptors (Lipinski definition) is 5. The van der Waals surface area contributed by atoms with Crippen molar-refractivity contribution in [2.75, 3.05) is 13.1 Å². The maximum atomic E-state index is 11.9. The van der Waals surface area contributed by atoms with E-state index in [1.165, 1.54) is 6.92 Å². The van der Waals surface area contributed by atoms with Crippen molar-refractivity contribution in [2.24, 2.45) is 5.14 Å². The number of nitrogens with zero attached hydrogens (tertiary/aromatic N) is 1. The lowest BCUT2D eigenvalue weighted by atomic mass is 10.3. The molecule has 0 atom stereocenters. The van der Waals surface area contributed by atoms with Crippen LogP contribution < -0.4 is 5.14 Å². The Morgan fingerprint density at radius 2 is 2.05 bits per heavy atom. The zero-order chi connectivity index (χ0) is 14.8. The molecule has 3 N–H and O–H groups in total. The molecule has 0 radical (unpaired) electrons. The number of aryl methyl sites for hydroxylation is 1. The number of hydrogen-bond donors (Lipinski definition) is 2. The van der Waals surface area contributed by atoms with Crippen LogP contribution in [0.3, 0.4) is 0 Å². The van der Waals surface area contributed by atoms with Crippen LogP contribution in [0.5, 0.6) is 0 Å². The summed E-state index contributed by atoms with van der Waals surface area (Å²) in [5, 5.41) is 13.6. The molecular formula is C10H14N2O6S. The van der Waals surface area contributed by atoms with Gasteiger partial charge in [-0.15, -0.1) is 0 Å². The molecule has 0 aliphatic rings. The van der Waals surface area contributed by atoms with Crippen molar-refractivity contribution in [1.29, 1.82) is 0 Å². The van der Waals surface area contributed by atoms with Crippen LogP contribution in [0.2, 0.25) is 0 Å². The summed E-state index contributed by atoms with van der Waals surface area (Å²) in [5.41, 5.74) is 0. The molecule has 0 aliphatic carbocycles. The number of rotatable bonds is 5. The van der Waals surface area contributed by atoms with E-state index in [0.717, 1.165) is 11.0 Å². The fraction of sp³-hybridized carbons (Fsp3) is 0.400. The van der Waals surface area contributed by atoms with Crippen LogP contribution in [0.25, 0.3) is 0 Å². The van der Waals surface area contributed by atoms with Gasteiger partial charge in [0, 0.05) is 12.6 Å². The Morgan fingerprint density at radius 1 is 1.47 bits per heavy atom. The fourth-order valence-electron chi connectivity index (χ4n) is 1.50. The highest BCUT2D eigenvalue weighted by Crippen LogP contribution is 2.19. The van der Waals surface area contributed by atoms with Gasteiger partial charge >= 0.3 is 5.97 Å². The van der Waals surface area contributed by atoms with Crippen LogP contribution in [0.15, 0.2) is 15.4 Å². The summed E-state index contributed by atoms with van der Waals surface area (Å²) < 4.78 is 27.4. The third-order valence-corrected chi connectivity index (χ3v) is 3.40. The van der Waals surface area contributed by atoms with Crippen LogP contribution in [0.4, 0.5) is 0 Å². The lowest BCUT2D eigenvalue weighted by Gasteiger charge is -2.16. The second-order valence-corrected chi connectivity index (χ2v) is 5.32. The van der Waals surface area contributed by atoms with E-state index in [1.54, 1.807) is 6.92 Å². The minimum absolute atomic E-state index is 0.0165. The maximum Gasteiger partial charge on any atom is 0.323 e. The molecule has 0 bridgehead atoms. The standard InChI is InChI=1S/C10H14N2O6S/c1-3-12(5-9(13)14)10(15)7-4-8(6(2)18-7)19(11,16)17/h4H,3,5H2,1-2H3,(H,13,14)(H2,11,16,17). The molecule has 19 heavy (non-hydrogen) atoms. The Labute approximate surface area is 109 Å². The monoisotopic (exact) mass is 290 g/mol. The van der Waals surface area contributed by atoms with E-state index in [0.29, 0.717) is 0 Å². The summed E-state index contributed by atoms with van der Waals surface area (Å²) in [6.07, 6.45) is 0. The average molecular weight is 290 g/mol. The first kappa shape index (κ1) is 15.2. The number of furan rings is 1. The van der Waals surface area contributed by atoms with Gasteiger partial charge in [0.1, 0.15) is 17.2 Å². The Kier molecular flexibility index (Phi) is 4.32. The minimum atomic E-state index is -3.98. The first-order chi connectivity index (χ1) is 8.66. The van der Waals surface area contributed by atoms with Crippen LogP contribution in [-0.2, 0) is 14.8 Å². The number of aliphatic carboxylic acids is 1. The van der Waals surface area contributed by atoms with Gasteiger partial charge in [-0.25, -0.2) is 13.6 Å². The molecule has 1 rings (SSSR count). The highest BCUT2D eigenvalue weighted by atomic mass is 32.2. The predicted molar refractivity (Wildman–Crippen MR) is 64.0 cm³/mol. The first-order valence-electron chi connectivity index (χ1n) is 5.31. The van der Waals surface area contributed by atoms with Gasteiger partial charge in [0.2, 0.25) is 10.0 Å². The lowest BCUT2D eigenvalue weighted by molar-refractivity contribution is -0.137. The van der Waals surface area contributed by atoms with E-state index in [1.807, 2.05) is 0 Å². The van der Waals surface area contributed by atoms with Gasteiger partial charge in [0.15, 0.2) is 5.76 Å². The van der Waals surface area contributed by atoms with E-state index >= 15 is 0 Å². The number of likely N-dealkylation sites (N-methyl/N-ethyl adjacent to an activating group) is 1. The highest BCUT2D eigenvalue weighted by Gasteiger charge is 2.24. The van der Waals surface area contributed by atoms with Crippen molar-refractivity contribution in [1.82, 2.24) is 4.90 Å². The van der Waals surface area contributed by atoms with Crippen LogP contribution in [0, 0.1) is 6.92 Å². The summed E-state index contributed by atoms with van der Waals surface area (Å²) in [6, 6.07) is 0.998. The molecule has 0 spiro atoms. The van der Waals surface area contributed by atoms with E-state index in [9.17, 15) is 18.0 Å². The van der Waals surface area contributed by atoms with Gasteiger partial charge in [-0.1, -0.05) is 0 Å². The summed E-state index contributed by atoms with van der Waals surface area (Å²) in [7, 11) is -3.98. The molecule has 8 nitrogen and oxygen atoms in total. The zero-order valence-electron chi connectivity index (χ0n) is 10.4. The zero-order valence-corrected chi connectivity index (χ0v) is 11.2.